The molecule has 21 heavy (non-hydrogen) atoms. The van der Waals surface area contributed by atoms with Crippen LogP contribution in [0.3, 0.4) is 0 Å². The van der Waals surface area contributed by atoms with Crippen LogP contribution in [-0.4, -0.2) is 42.9 Å². The topological polar surface area (TPSA) is 66.0 Å². The summed E-state index contributed by atoms with van der Waals surface area (Å²) < 4.78 is 0. The predicted octanol–water partition coefficient (Wildman–Crippen LogP) is -0.121. The van der Waals surface area contributed by atoms with Gasteiger partial charge in [0.05, 0.1) is 0 Å². The van der Waals surface area contributed by atoms with Crippen molar-refractivity contribution in [3.63, 3.8) is 0 Å². The van der Waals surface area contributed by atoms with Gasteiger partial charge in [0.1, 0.15) is 6.54 Å². The molecule has 1 aliphatic rings. The number of benzene rings is 1. The van der Waals surface area contributed by atoms with Crippen molar-refractivity contribution < 1.29 is 14.9 Å². The molecule has 0 aliphatic carbocycles. The van der Waals surface area contributed by atoms with Gasteiger partial charge in [-0.3, -0.25) is 9.59 Å². The van der Waals surface area contributed by atoms with Crippen LogP contribution >= 0.6 is 0 Å². The largest absolute Gasteiger partial charge is 0.351 e. The summed E-state index contributed by atoms with van der Waals surface area (Å²) >= 11 is 0. The molecule has 3 N–H and O–H groups in total. The molecule has 1 fully saturated rings. The van der Waals surface area contributed by atoms with Gasteiger partial charge in [-0.05, 0) is 12.8 Å². The summed E-state index contributed by atoms with van der Waals surface area (Å²) in [5.41, 5.74) is 1.22. The van der Waals surface area contributed by atoms with E-state index in [9.17, 15) is 9.59 Å². The molecule has 5 nitrogen and oxygen atoms in total. The lowest BCUT2D eigenvalue weighted by Gasteiger charge is -2.15. The number of quaternary nitrogens is 1. The molecule has 114 valence electrons. The number of amides is 2. The summed E-state index contributed by atoms with van der Waals surface area (Å²) in [4.78, 5) is 25.0. The van der Waals surface area contributed by atoms with Gasteiger partial charge in [0.15, 0.2) is 6.54 Å². The molecule has 2 amide bonds. The number of carbonyl (C=O) groups is 2. The second kappa shape index (κ2) is 8.42. The van der Waals surface area contributed by atoms with E-state index in [0.717, 1.165) is 32.5 Å². The van der Waals surface area contributed by atoms with E-state index in [4.69, 9.17) is 0 Å². The Labute approximate surface area is 125 Å². The Hall–Kier alpha value is -1.88. The normalized spacial score (nSPS) is 14.5. The van der Waals surface area contributed by atoms with Gasteiger partial charge in [-0.2, -0.15) is 0 Å². The third-order valence-corrected chi connectivity index (χ3v) is 3.65. The van der Waals surface area contributed by atoms with E-state index in [2.05, 4.69) is 17.4 Å². The monoisotopic (exact) mass is 290 g/mol. The lowest BCUT2D eigenvalue weighted by Crippen LogP contribution is -2.85. The number of carbonyl (C=O) groups excluding carboxylic acids is 2. The molecule has 0 saturated carbocycles. The molecular weight excluding hydrogens is 266 g/mol. The highest BCUT2D eigenvalue weighted by Gasteiger charge is 2.18. The standard InChI is InChI=1S/C16H23N3O2/c20-15(13-17-12-14-6-2-1-3-7-14)18-9-5-11-19-10-4-8-16(19)21/h1-3,6-7,17H,4-5,8-13H2,(H,18,20)/p+1. The van der Waals surface area contributed by atoms with Crippen molar-refractivity contribution in [3.05, 3.63) is 35.9 Å². The lowest BCUT2D eigenvalue weighted by molar-refractivity contribution is -0.660. The third kappa shape index (κ3) is 5.55. The predicted molar refractivity (Wildman–Crippen MR) is 80.4 cm³/mol. The second-order valence-corrected chi connectivity index (χ2v) is 5.37. The van der Waals surface area contributed by atoms with Crippen molar-refractivity contribution in [2.75, 3.05) is 26.2 Å². The SMILES string of the molecule is O=C(C[NH2+]Cc1ccccc1)NCCCN1CCCC1=O. The maximum atomic E-state index is 11.7. The van der Waals surface area contributed by atoms with Crippen LogP contribution in [0.25, 0.3) is 0 Å². The second-order valence-electron chi connectivity index (χ2n) is 5.37. The van der Waals surface area contributed by atoms with Gasteiger partial charge in [0.25, 0.3) is 5.91 Å². The number of rotatable bonds is 8. The summed E-state index contributed by atoms with van der Waals surface area (Å²) in [6, 6.07) is 10.1. The van der Waals surface area contributed by atoms with Crippen LogP contribution in [0.4, 0.5) is 0 Å². The zero-order chi connectivity index (χ0) is 14.9. The van der Waals surface area contributed by atoms with Gasteiger partial charge in [-0.15, -0.1) is 0 Å². The molecule has 1 aromatic rings. The fraction of sp³-hybridized carbons (Fsp3) is 0.500. The highest BCUT2D eigenvalue weighted by Crippen LogP contribution is 2.09. The molecule has 0 unspecified atom stereocenters. The van der Waals surface area contributed by atoms with Gasteiger partial charge in [0.2, 0.25) is 5.91 Å². The zero-order valence-corrected chi connectivity index (χ0v) is 12.4. The van der Waals surface area contributed by atoms with Crippen LogP contribution in [-0.2, 0) is 16.1 Å². The Morgan fingerprint density at radius 3 is 2.81 bits per heavy atom. The molecule has 1 saturated heterocycles. The maximum Gasteiger partial charge on any atom is 0.275 e. The van der Waals surface area contributed by atoms with E-state index in [1.165, 1.54) is 5.56 Å². The van der Waals surface area contributed by atoms with Crippen molar-refractivity contribution in [2.45, 2.75) is 25.8 Å². The number of nitrogens with zero attached hydrogens (tertiary/aromatic N) is 1. The summed E-state index contributed by atoms with van der Waals surface area (Å²) in [5.74, 6) is 0.302. The molecule has 1 aromatic carbocycles. The Kier molecular flexibility index (Phi) is 6.22. The first kappa shape index (κ1) is 15.5. The van der Waals surface area contributed by atoms with Gasteiger partial charge in [-0.1, -0.05) is 30.3 Å². The van der Waals surface area contributed by atoms with Crippen LogP contribution in [0, 0.1) is 0 Å². The quantitative estimate of drug-likeness (QED) is 0.656. The molecule has 1 heterocycles. The first-order valence-corrected chi connectivity index (χ1v) is 7.66. The van der Waals surface area contributed by atoms with E-state index in [-0.39, 0.29) is 11.8 Å². The minimum Gasteiger partial charge on any atom is -0.351 e. The van der Waals surface area contributed by atoms with E-state index in [1.54, 1.807) is 0 Å². The Bertz CT molecular complexity index is 462. The van der Waals surface area contributed by atoms with Crippen molar-refractivity contribution in [1.82, 2.24) is 10.2 Å². The highest BCUT2D eigenvalue weighted by molar-refractivity contribution is 5.78. The van der Waals surface area contributed by atoms with E-state index in [0.29, 0.717) is 19.5 Å². The van der Waals surface area contributed by atoms with Gasteiger partial charge in [0, 0.05) is 31.6 Å². The van der Waals surface area contributed by atoms with Crippen molar-refractivity contribution in [3.8, 4) is 0 Å². The molecular formula is C16H24N3O2+. The number of likely N-dealkylation sites (tertiary alicyclic amines) is 1. The third-order valence-electron chi connectivity index (χ3n) is 3.65. The average Bonchev–Trinajstić information content (AvgIpc) is 2.90. The van der Waals surface area contributed by atoms with Crippen LogP contribution in [0.1, 0.15) is 24.8 Å². The molecule has 0 bridgehead atoms. The molecule has 5 heteroatoms. The van der Waals surface area contributed by atoms with Crippen molar-refractivity contribution >= 4 is 11.8 Å². The summed E-state index contributed by atoms with van der Waals surface area (Å²) in [5, 5.41) is 4.89. The minimum atomic E-state index is 0.0543. The van der Waals surface area contributed by atoms with Crippen LogP contribution in [0.5, 0.6) is 0 Å². The van der Waals surface area contributed by atoms with E-state index >= 15 is 0 Å². The Morgan fingerprint density at radius 1 is 1.29 bits per heavy atom. The fourth-order valence-corrected chi connectivity index (χ4v) is 2.49. The number of nitrogens with one attached hydrogen (secondary N) is 1. The van der Waals surface area contributed by atoms with Crippen molar-refractivity contribution in [2.24, 2.45) is 0 Å². The molecule has 0 aromatic heterocycles. The first-order chi connectivity index (χ1) is 10.3. The molecule has 1 aliphatic heterocycles. The number of nitrogens with two attached hydrogens (primary N) is 1. The molecule has 0 spiro atoms. The van der Waals surface area contributed by atoms with Crippen molar-refractivity contribution in [1.29, 1.82) is 0 Å². The van der Waals surface area contributed by atoms with Crippen LogP contribution in [0.15, 0.2) is 30.3 Å². The smallest absolute Gasteiger partial charge is 0.275 e. The minimum absolute atomic E-state index is 0.0543. The first-order valence-electron chi connectivity index (χ1n) is 7.66. The number of hydrogen-bond acceptors (Lipinski definition) is 2. The highest BCUT2D eigenvalue weighted by atomic mass is 16.2. The van der Waals surface area contributed by atoms with Gasteiger partial charge in [-0.25, -0.2) is 0 Å². The summed E-state index contributed by atoms with van der Waals surface area (Å²) in [7, 11) is 0. The number of hydrogen-bond donors (Lipinski definition) is 2. The fourth-order valence-electron chi connectivity index (χ4n) is 2.49. The van der Waals surface area contributed by atoms with E-state index in [1.807, 2.05) is 28.4 Å². The summed E-state index contributed by atoms with van der Waals surface area (Å²) in [6.45, 7) is 3.53. The average molecular weight is 290 g/mol. The Balaban J connectivity index is 1.50. The van der Waals surface area contributed by atoms with Gasteiger partial charge < -0.3 is 15.5 Å². The van der Waals surface area contributed by atoms with Crippen LogP contribution < -0.4 is 10.6 Å². The van der Waals surface area contributed by atoms with E-state index < -0.39 is 0 Å². The Morgan fingerprint density at radius 2 is 2.10 bits per heavy atom. The zero-order valence-electron chi connectivity index (χ0n) is 12.4. The molecule has 2 rings (SSSR count). The summed E-state index contributed by atoms with van der Waals surface area (Å²) in [6.07, 6.45) is 2.48. The molecule has 0 radical (unpaired) electrons. The maximum absolute atomic E-state index is 11.7. The van der Waals surface area contributed by atoms with Gasteiger partial charge >= 0.3 is 0 Å². The lowest BCUT2D eigenvalue weighted by atomic mass is 10.2. The van der Waals surface area contributed by atoms with Crippen LogP contribution in [0.2, 0.25) is 0 Å². The molecule has 0 atom stereocenters.